The Morgan fingerprint density at radius 1 is 1.00 bits per heavy atom. The Morgan fingerprint density at radius 2 is 1.78 bits per heavy atom. The van der Waals surface area contributed by atoms with Crippen LogP contribution in [0.1, 0.15) is 41.0 Å². The number of urea groups is 1. The van der Waals surface area contributed by atoms with Gasteiger partial charge in [-0.05, 0) is 54.8 Å². The van der Waals surface area contributed by atoms with Gasteiger partial charge in [-0.25, -0.2) is 9.78 Å². The van der Waals surface area contributed by atoms with Gasteiger partial charge in [0.25, 0.3) is 5.91 Å². The fourth-order valence-corrected chi connectivity index (χ4v) is 3.55. The zero-order valence-electron chi connectivity index (χ0n) is 18.0. The number of anilines is 2. The maximum Gasteiger partial charge on any atom is 0.319 e. The van der Waals surface area contributed by atoms with Gasteiger partial charge in [-0.2, -0.15) is 0 Å². The van der Waals surface area contributed by atoms with E-state index in [1.165, 1.54) is 0 Å². The molecular weight excluding hydrogens is 402 g/mol. The summed E-state index contributed by atoms with van der Waals surface area (Å²) in [6.07, 6.45) is 4.07. The number of pyridine rings is 1. The second-order valence-electron chi connectivity index (χ2n) is 7.53. The molecule has 4 rings (SSSR count). The van der Waals surface area contributed by atoms with E-state index in [2.05, 4.69) is 20.9 Å². The Morgan fingerprint density at radius 3 is 2.56 bits per heavy atom. The van der Waals surface area contributed by atoms with Crippen molar-refractivity contribution in [3.8, 4) is 0 Å². The first-order valence-electron chi connectivity index (χ1n) is 10.5. The van der Waals surface area contributed by atoms with Crippen LogP contribution in [-0.4, -0.2) is 21.3 Å². The molecule has 0 aliphatic heterocycles. The van der Waals surface area contributed by atoms with Crippen molar-refractivity contribution in [3.05, 3.63) is 95.9 Å². The van der Waals surface area contributed by atoms with E-state index in [-0.39, 0.29) is 18.0 Å². The standard InChI is InChI=1S/C25H25N5O2/c1-3-20(29-25(32)27-19-9-5-4-6-10-19)18-13-12-17(2)21(15-18)28-24(31)22-16-26-23-11-7-8-14-30(22)23/h4-16,20H,3H2,1-2H3,(H,28,31)(H2,27,29,32)/t20-/m0/s1. The molecule has 2 aromatic carbocycles. The van der Waals surface area contributed by atoms with Crippen LogP contribution in [-0.2, 0) is 0 Å². The van der Waals surface area contributed by atoms with Crippen molar-refractivity contribution in [2.45, 2.75) is 26.3 Å². The summed E-state index contributed by atoms with van der Waals surface area (Å²) in [5.41, 5.74) is 4.43. The lowest BCUT2D eigenvalue weighted by Crippen LogP contribution is -2.32. The first kappa shape index (κ1) is 21.1. The van der Waals surface area contributed by atoms with Gasteiger partial charge in [0.15, 0.2) is 0 Å². The number of carbonyl (C=O) groups is 2. The van der Waals surface area contributed by atoms with Crippen LogP contribution in [0, 0.1) is 6.92 Å². The average molecular weight is 428 g/mol. The fraction of sp³-hybridized carbons (Fsp3) is 0.160. The maximum atomic E-state index is 12.9. The van der Waals surface area contributed by atoms with E-state index in [4.69, 9.17) is 0 Å². The second kappa shape index (κ2) is 9.34. The van der Waals surface area contributed by atoms with E-state index in [0.717, 1.165) is 16.8 Å². The lowest BCUT2D eigenvalue weighted by Gasteiger charge is -2.20. The Kier molecular flexibility index (Phi) is 6.17. The molecule has 7 heteroatoms. The lowest BCUT2D eigenvalue weighted by atomic mass is 10.0. The molecule has 162 valence electrons. The van der Waals surface area contributed by atoms with Crippen LogP contribution in [0.3, 0.4) is 0 Å². The monoisotopic (exact) mass is 427 g/mol. The van der Waals surface area contributed by atoms with E-state index in [9.17, 15) is 9.59 Å². The highest BCUT2D eigenvalue weighted by Crippen LogP contribution is 2.24. The Hall–Kier alpha value is -4.13. The van der Waals surface area contributed by atoms with Gasteiger partial charge in [-0.3, -0.25) is 9.20 Å². The number of benzene rings is 2. The summed E-state index contributed by atoms with van der Waals surface area (Å²) in [5, 5.41) is 8.84. The number of amides is 3. The predicted molar refractivity (Wildman–Crippen MR) is 126 cm³/mol. The molecule has 3 N–H and O–H groups in total. The summed E-state index contributed by atoms with van der Waals surface area (Å²) in [5.74, 6) is -0.244. The highest BCUT2D eigenvalue weighted by Gasteiger charge is 2.17. The number of fused-ring (bicyclic) bond motifs is 1. The number of aryl methyl sites for hydroxylation is 1. The van der Waals surface area contributed by atoms with Crippen molar-refractivity contribution in [1.29, 1.82) is 0 Å². The van der Waals surface area contributed by atoms with E-state index in [1.54, 1.807) is 10.6 Å². The third-order valence-corrected chi connectivity index (χ3v) is 5.31. The fourth-order valence-electron chi connectivity index (χ4n) is 3.55. The number of aromatic nitrogens is 2. The summed E-state index contributed by atoms with van der Waals surface area (Å²) in [4.78, 5) is 29.7. The molecule has 0 aliphatic carbocycles. The molecule has 0 spiro atoms. The van der Waals surface area contributed by atoms with E-state index < -0.39 is 0 Å². The van der Waals surface area contributed by atoms with Gasteiger partial charge in [-0.1, -0.05) is 43.3 Å². The van der Waals surface area contributed by atoms with Crippen molar-refractivity contribution < 1.29 is 9.59 Å². The Bertz CT molecular complexity index is 1250. The topological polar surface area (TPSA) is 87.5 Å². The van der Waals surface area contributed by atoms with Gasteiger partial charge in [0.2, 0.25) is 0 Å². The van der Waals surface area contributed by atoms with Crippen molar-refractivity contribution in [2.75, 3.05) is 10.6 Å². The van der Waals surface area contributed by atoms with Gasteiger partial charge in [0.1, 0.15) is 11.3 Å². The molecule has 32 heavy (non-hydrogen) atoms. The van der Waals surface area contributed by atoms with Crippen LogP contribution in [0.4, 0.5) is 16.2 Å². The highest BCUT2D eigenvalue weighted by atomic mass is 16.2. The SMILES string of the molecule is CC[C@H](NC(=O)Nc1ccccc1)c1ccc(C)c(NC(=O)c2cnc3ccccn23)c1. The molecule has 2 heterocycles. The number of carbonyl (C=O) groups excluding carboxylic acids is 2. The van der Waals surface area contributed by atoms with E-state index in [0.29, 0.717) is 23.4 Å². The molecule has 1 atom stereocenters. The predicted octanol–water partition coefficient (Wildman–Crippen LogP) is 5.17. The van der Waals surface area contributed by atoms with E-state index in [1.807, 2.05) is 86.8 Å². The molecule has 0 unspecified atom stereocenters. The number of hydrogen-bond donors (Lipinski definition) is 3. The minimum absolute atomic E-state index is 0.203. The van der Waals surface area contributed by atoms with Crippen LogP contribution in [0.5, 0.6) is 0 Å². The molecule has 0 saturated heterocycles. The number of para-hydroxylation sites is 1. The van der Waals surface area contributed by atoms with E-state index >= 15 is 0 Å². The number of hydrogen-bond acceptors (Lipinski definition) is 3. The summed E-state index contributed by atoms with van der Waals surface area (Å²) in [6, 6.07) is 20.2. The third kappa shape index (κ3) is 4.62. The zero-order chi connectivity index (χ0) is 22.5. The molecule has 2 aromatic heterocycles. The van der Waals surface area contributed by atoms with Crippen LogP contribution in [0.15, 0.2) is 79.1 Å². The first-order chi connectivity index (χ1) is 15.5. The van der Waals surface area contributed by atoms with Crippen LogP contribution < -0.4 is 16.0 Å². The first-order valence-corrected chi connectivity index (χ1v) is 10.5. The number of nitrogens with zero attached hydrogens (tertiary/aromatic N) is 2. The van der Waals surface area contributed by atoms with Gasteiger partial charge in [-0.15, -0.1) is 0 Å². The van der Waals surface area contributed by atoms with Crippen molar-refractivity contribution in [1.82, 2.24) is 14.7 Å². The summed E-state index contributed by atoms with van der Waals surface area (Å²) in [7, 11) is 0. The molecule has 0 aliphatic rings. The van der Waals surface area contributed by atoms with Gasteiger partial charge in [0.05, 0.1) is 12.2 Å². The number of nitrogens with one attached hydrogen (secondary N) is 3. The largest absolute Gasteiger partial charge is 0.331 e. The Balaban J connectivity index is 1.50. The highest BCUT2D eigenvalue weighted by molar-refractivity contribution is 6.04. The molecular formula is C25H25N5O2. The van der Waals surface area contributed by atoms with Crippen LogP contribution in [0.2, 0.25) is 0 Å². The summed E-state index contributed by atoms with van der Waals surface area (Å²) >= 11 is 0. The normalized spacial score (nSPS) is 11.7. The van der Waals surface area contributed by atoms with Crippen LogP contribution >= 0.6 is 0 Å². The summed E-state index contributed by atoms with van der Waals surface area (Å²) in [6.45, 7) is 3.94. The lowest BCUT2D eigenvalue weighted by molar-refractivity contribution is 0.102. The van der Waals surface area contributed by atoms with Crippen LogP contribution in [0.25, 0.3) is 5.65 Å². The minimum Gasteiger partial charge on any atom is -0.331 e. The smallest absolute Gasteiger partial charge is 0.319 e. The molecule has 0 bridgehead atoms. The van der Waals surface area contributed by atoms with Crippen molar-refractivity contribution in [3.63, 3.8) is 0 Å². The molecule has 0 fully saturated rings. The molecule has 4 aromatic rings. The number of rotatable bonds is 6. The minimum atomic E-state index is -0.278. The second-order valence-corrected chi connectivity index (χ2v) is 7.53. The van der Waals surface area contributed by atoms with Gasteiger partial charge in [0, 0.05) is 17.6 Å². The Labute approximate surface area is 186 Å². The molecule has 0 saturated carbocycles. The van der Waals surface area contributed by atoms with Gasteiger partial charge >= 0.3 is 6.03 Å². The van der Waals surface area contributed by atoms with Crippen molar-refractivity contribution >= 4 is 29.0 Å². The quantitative estimate of drug-likeness (QED) is 0.397. The maximum absolute atomic E-state index is 12.9. The zero-order valence-corrected chi connectivity index (χ0v) is 18.0. The molecule has 3 amide bonds. The molecule has 7 nitrogen and oxygen atoms in total. The number of imidazole rings is 1. The van der Waals surface area contributed by atoms with Gasteiger partial charge < -0.3 is 16.0 Å². The molecule has 0 radical (unpaired) electrons. The third-order valence-electron chi connectivity index (χ3n) is 5.31. The average Bonchev–Trinajstić information content (AvgIpc) is 3.24. The van der Waals surface area contributed by atoms with Crippen molar-refractivity contribution in [2.24, 2.45) is 0 Å². The summed E-state index contributed by atoms with van der Waals surface area (Å²) < 4.78 is 1.75.